The number of nitrogens with zero attached hydrogens (tertiary/aromatic N) is 2. The van der Waals surface area contributed by atoms with Crippen molar-refractivity contribution in [1.82, 2.24) is 0 Å². The molecule has 0 radical (unpaired) electrons. The number of para-hydroxylation sites is 1. The first-order valence-corrected chi connectivity index (χ1v) is 8.10. The summed E-state index contributed by atoms with van der Waals surface area (Å²) < 4.78 is 0. The average molecular weight is 323 g/mol. The van der Waals surface area contributed by atoms with Gasteiger partial charge >= 0.3 is 0 Å². The molecule has 20 heavy (non-hydrogen) atoms. The molecule has 2 aromatic carbocycles. The summed E-state index contributed by atoms with van der Waals surface area (Å²) in [6.45, 7) is 0.761. The number of amidine groups is 1. The Bertz CT molecular complexity index is 685. The minimum absolute atomic E-state index is 0.638. The van der Waals surface area contributed by atoms with Crippen LogP contribution in [0.1, 0.15) is 5.56 Å². The van der Waals surface area contributed by atoms with Gasteiger partial charge < -0.3 is 4.90 Å². The lowest BCUT2D eigenvalue weighted by Crippen LogP contribution is -2.30. The van der Waals surface area contributed by atoms with E-state index in [-0.39, 0.29) is 0 Å². The number of benzene rings is 2. The van der Waals surface area contributed by atoms with E-state index in [1.54, 1.807) is 17.8 Å². The van der Waals surface area contributed by atoms with Gasteiger partial charge in [-0.15, -0.1) is 0 Å². The van der Waals surface area contributed by atoms with E-state index < -0.39 is 0 Å². The van der Waals surface area contributed by atoms with Crippen LogP contribution in [-0.2, 0) is 6.54 Å². The van der Waals surface area contributed by atoms with Crippen LogP contribution in [0.15, 0.2) is 47.5 Å². The molecule has 2 aromatic rings. The third-order valence-electron chi connectivity index (χ3n) is 3.15. The number of anilines is 1. The van der Waals surface area contributed by atoms with E-state index in [4.69, 9.17) is 28.2 Å². The Kier molecular flexibility index (Phi) is 3.92. The predicted molar refractivity (Wildman–Crippen MR) is 89.7 cm³/mol. The van der Waals surface area contributed by atoms with E-state index in [2.05, 4.69) is 11.0 Å². The first-order chi connectivity index (χ1) is 9.69. The molecule has 0 amide bonds. The monoisotopic (exact) mass is 322 g/mol. The second-order valence-electron chi connectivity index (χ2n) is 4.41. The molecule has 3 rings (SSSR count). The van der Waals surface area contributed by atoms with Crippen molar-refractivity contribution in [2.24, 2.45) is 4.99 Å². The van der Waals surface area contributed by atoms with Crippen LogP contribution in [0.25, 0.3) is 0 Å². The molecule has 0 atom stereocenters. The van der Waals surface area contributed by atoms with Crippen molar-refractivity contribution in [3.05, 3.63) is 58.1 Å². The van der Waals surface area contributed by atoms with Gasteiger partial charge in [0.15, 0.2) is 5.17 Å². The molecule has 1 aliphatic heterocycles. The van der Waals surface area contributed by atoms with Crippen molar-refractivity contribution in [3.8, 4) is 0 Å². The van der Waals surface area contributed by atoms with Gasteiger partial charge in [-0.05, 0) is 36.1 Å². The fourth-order valence-corrected chi connectivity index (χ4v) is 3.28. The van der Waals surface area contributed by atoms with Crippen molar-refractivity contribution >= 4 is 51.5 Å². The smallest absolute Gasteiger partial charge is 0.168 e. The maximum atomic E-state index is 6.32. The van der Waals surface area contributed by atoms with Gasteiger partial charge in [0, 0.05) is 5.02 Å². The van der Waals surface area contributed by atoms with Crippen molar-refractivity contribution in [3.63, 3.8) is 0 Å². The number of rotatable bonds is 1. The van der Waals surface area contributed by atoms with E-state index in [0.717, 1.165) is 23.1 Å². The fourth-order valence-electron chi connectivity index (χ4n) is 2.20. The number of halogens is 2. The standard InChI is InChI=1S/C15H12Cl2N2S/c1-20-15-18-13-5-3-2-4-10(13)9-19(15)14-7-6-11(16)8-12(14)17/h2-8H,9H2,1H3. The third kappa shape index (κ3) is 2.53. The molecule has 1 aliphatic rings. The number of hydrogen-bond donors (Lipinski definition) is 0. The number of hydrogen-bond acceptors (Lipinski definition) is 3. The van der Waals surface area contributed by atoms with Gasteiger partial charge in [-0.1, -0.05) is 53.2 Å². The van der Waals surface area contributed by atoms with Gasteiger partial charge in [0.2, 0.25) is 0 Å². The van der Waals surface area contributed by atoms with Crippen LogP contribution in [0.2, 0.25) is 10.0 Å². The maximum absolute atomic E-state index is 6.32. The van der Waals surface area contributed by atoms with Crippen molar-refractivity contribution in [2.75, 3.05) is 11.2 Å². The van der Waals surface area contributed by atoms with Crippen LogP contribution in [0.4, 0.5) is 11.4 Å². The van der Waals surface area contributed by atoms with Crippen LogP contribution in [0.3, 0.4) is 0 Å². The molecular weight excluding hydrogens is 311 g/mol. The van der Waals surface area contributed by atoms with Crippen molar-refractivity contribution in [2.45, 2.75) is 6.54 Å². The summed E-state index contributed by atoms with van der Waals surface area (Å²) in [7, 11) is 0. The highest BCUT2D eigenvalue weighted by molar-refractivity contribution is 8.13. The zero-order chi connectivity index (χ0) is 14.1. The van der Waals surface area contributed by atoms with Crippen molar-refractivity contribution < 1.29 is 0 Å². The molecule has 0 saturated carbocycles. The zero-order valence-electron chi connectivity index (χ0n) is 10.8. The normalized spacial score (nSPS) is 13.9. The van der Waals surface area contributed by atoms with E-state index >= 15 is 0 Å². The third-order valence-corrected chi connectivity index (χ3v) is 4.36. The summed E-state index contributed by atoms with van der Waals surface area (Å²) in [4.78, 5) is 6.82. The van der Waals surface area contributed by atoms with Gasteiger partial charge in [0.25, 0.3) is 0 Å². The summed E-state index contributed by atoms with van der Waals surface area (Å²) in [5, 5.41) is 2.21. The number of aliphatic imine (C=N–C) groups is 1. The minimum Gasteiger partial charge on any atom is -0.315 e. The minimum atomic E-state index is 0.638. The molecular formula is C15H12Cl2N2S. The van der Waals surface area contributed by atoms with E-state index in [9.17, 15) is 0 Å². The Morgan fingerprint density at radius 3 is 2.70 bits per heavy atom. The van der Waals surface area contributed by atoms with Gasteiger partial charge in [-0.3, -0.25) is 0 Å². The van der Waals surface area contributed by atoms with E-state index in [0.29, 0.717) is 10.0 Å². The molecule has 0 aliphatic carbocycles. The van der Waals surface area contributed by atoms with E-state index in [1.165, 1.54) is 5.56 Å². The molecule has 0 N–H and O–H groups in total. The van der Waals surface area contributed by atoms with Gasteiger partial charge in [0.05, 0.1) is 22.9 Å². The van der Waals surface area contributed by atoms with Crippen LogP contribution < -0.4 is 4.90 Å². The maximum Gasteiger partial charge on any atom is 0.168 e. The summed E-state index contributed by atoms with van der Waals surface area (Å²) in [5.41, 5.74) is 3.15. The zero-order valence-corrected chi connectivity index (χ0v) is 13.1. The highest BCUT2D eigenvalue weighted by Crippen LogP contribution is 2.36. The average Bonchev–Trinajstić information content (AvgIpc) is 2.46. The quantitative estimate of drug-likeness (QED) is 0.702. The molecule has 5 heteroatoms. The summed E-state index contributed by atoms with van der Waals surface area (Å²) >= 11 is 13.9. The lowest BCUT2D eigenvalue weighted by molar-refractivity contribution is 0.991. The molecule has 0 fully saturated rings. The van der Waals surface area contributed by atoms with E-state index in [1.807, 2.05) is 36.6 Å². The first-order valence-electron chi connectivity index (χ1n) is 6.12. The summed E-state index contributed by atoms with van der Waals surface area (Å²) in [6.07, 6.45) is 2.02. The summed E-state index contributed by atoms with van der Waals surface area (Å²) in [6, 6.07) is 13.7. The fraction of sp³-hybridized carbons (Fsp3) is 0.133. The van der Waals surface area contributed by atoms with Crippen LogP contribution in [0.5, 0.6) is 0 Å². The topological polar surface area (TPSA) is 15.6 Å². The Balaban J connectivity index is 2.07. The highest BCUT2D eigenvalue weighted by Gasteiger charge is 2.22. The largest absolute Gasteiger partial charge is 0.315 e. The Morgan fingerprint density at radius 1 is 1.15 bits per heavy atom. The molecule has 102 valence electrons. The molecule has 2 nitrogen and oxygen atoms in total. The molecule has 0 unspecified atom stereocenters. The van der Waals surface area contributed by atoms with Crippen LogP contribution in [-0.4, -0.2) is 11.4 Å². The molecule has 1 heterocycles. The molecule has 0 aromatic heterocycles. The highest BCUT2D eigenvalue weighted by atomic mass is 35.5. The number of fused-ring (bicyclic) bond motifs is 1. The summed E-state index contributed by atoms with van der Waals surface area (Å²) in [5.74, 6) is 0. The molecule has 0 bridgehead atoms. The SMILES string of the molecule is CSC1=Nc2ccccc2CN1c1ccc(Cl)cc1Cl. The van der Waals surface area contributed by atoms with Gasteiger partial charge in [0.1, 0.15) is 0 Å². The lowest BCUT2D eigenvalue weighted by atomic mass is 10.1. The Morgan fingerprint density at radius 2 is 1.95 bits per heavy atom. The van der Waals surface area contributed by atoms with Gasteiger partial charge in [-0.2, -0.15) is 0 Å². The van der Waals surface area contributed by atoms with Crippen molar-refractivity contribution in [1.29, 1.82) is 0 Å². The first kappa shape index (κ1) is 13.8. The van der Waals surface area contributed by atoms with Gasteiger partial charge in [-0.25, -0.2) is 4.99 Å². The molecule has 0 spiro atoms. The molecule has 0 saturated heterocycles. The second kappa shape index (κ2) is 5.68. The predicted octanol–water partition coefficient (Wildman–Crippen LogP) is 5.36. The van der Waals surface area contributed by atoms with Crippen LogP contribution >= 0.6 is 35.0 Å². The lowest BCUT2D eigenvalue weighted by Gasteiger charge is -2.30. The Labute approximate surface area is 132 Å². The Hall–Kier alpha value is -1.16. The second-order valence-corrected chi connectivity index (χ2v) is 6.03. The number of thioether (sulfide) groups is 1. The van der Waals surface area contributed by atoms with Crippen LogP contribution in [0, 0.1) is 0 Å².